The lowest BCUT2D eigenvalue weighted by Gasteiger charge is -2.07. The predicted molar refractivity (Wildman–Crippen MR) is 109 cm³/mol. The highest BCUT2D eigenvalue weighted by Crippen LogP contribution is 2.33. The number of halogens is 2. The fourth-order valence-corrected chi connectivity index (χ4v) is 4.05. The summed E-state index contributed by atoms with van der Waals surface area (Å²) in [5.74, 6) is -0.408. The van der Waals surface area contributed by atoms with E-state index >= 15 is 0 Å². The van der Waals surface area contributed by atoms with E-state index in [0.29, 0.717) is 21.5 Å². The van der Waals surface area contributed by atoms with E-state index in [1.807, 2.05) is 13.0 Å². The zero-order valence-corrected chi connectivity index (χ0v) is 16.8. The van der Waals surface area contributed by atoms with Gasteiger partial charge in [0.2, 0.25) is 5.91 Å². The number of aryl methyl sites for hydroxylation is 2. The number of carbonyl (C=O) groups is 1. The number of para-hydroxylation sites is 1. The first kappa shape index (κ1) is 19.8. The second-order valence-corrected chi connectivity index (χ2v) is 7.57. The van der Waals surface area contributed by atoms with Crippen molar-refractivity contribution in [3.63, 3.8) is 0 Å². The number of aromatic nitrogens is 5. The van der Waals surface area contributed by atoms with Crippen molar-refractivity contribution in [3.05, 3.63) is 58.5 Å². The Balaban J connectivity index is 1.56. The number of alkyl halides is 2. The van der Waals surface area contributed by atoms with E-state index in [1.54, 1.807) is 19.1 Å². The number of thiazole rings is 1. The van der Waals surface area contributed by atoms with Gasteiger partial charge in [-0.3, -0.25) is 18.7 Å². The van der Waals surface area contributed by atoms with Gasteiger partial charge in [-0.05, 0) is 25.5 Å². The van der Waals surface area contributed by atoms with Crippen molar-refractivity contribution in [2.75, 3.05) is 5.32 Å². The molecule has 4 aromatic rings. The average molecular weight is 430 g/mol. The van der Waals surface area contributed by atoms with E-state index in [0.717, 1.165) is 21.5 Å². The van der Waals surface area contributed by atoms with Crippen LogP contribution in [-0.4, -0.2) is 30.0 Å². The molecular weight excluding hydrogens is 414 g/mol. The maximum absolute atomic E-state index is 13.1. The summed E-state index contributed by atoms with van der Waals surface area (Å²) >= 11 is 1.03. The Bertz CT molecular complexity index is 1310. The summed E-state index contributed by atoms with van der Waals surface area (Å²) in [6, 6.07) is 5.27. The molecule has 0 saturated carbocycles. The van der Waals surface area contributed by atoms with E-state index < -0.39 is 12.5 Å². The predicted octanol–water partition coefficient (Wildman–Crippen LogP) is 3.37. The highest BCUT2D eigenvalue weighted by molar-refractivity contribution is 7.19. The second-order valence-electron chi connectivity index (χ2n) is 6.57. The quantitative estimate of drug-likeness (QED) is 0.524. The molecule has 0 aliphatic carbocycles. The number of rotatable bonds is 5. The van der Waals surface area contributed by atoms with Crippen molar-refractivity contribution >= 4 is 33.3 Å². The Morgan fingerprint density at radius 2 is 2.07 bits per heavy atom. The Hall–Kier alpha value is -3.47. The Labute approximate surface area is 172 Å². The molecule has 1 N–H and O–H groups in total. The van der Waals surface area contributed by atoms with Crippen LogP contribution in [0.4, 0.5) is 13.9 Å². The molecule has 3 heterocycles. The molecule has 0 fully saturated rings. The van der Waals surface area contributed by atoms with Crippen molar-refractivity contribution in [1.29, 1.82) is 0 Å². The molecule has 3 aromatic heterocycles. The number of nitrogens with zero attached hydrogens (tertiary/aromatic N) is 5. The van der Waals surface area contributed by atoms with Crippen molar-refractivity contribution < 1.29 is 13.6 Å². The zero-order valence-electron chi connectivity index (χ0n) is 16.0. The van der Waals surface area contributed by atoms with Gasteiger partial charge in [0.25, 0.3) is 5.56 Å². The molecule has 8 nitrogen and oxygen atoms in total. The van der Waals surface area contributed by atoms with Crippen LogP contribution in [0.3, 0.4) is 0 Å². The lowest BCUT2D eigenvalue weighted by atomic mass is 10.1. The number of imidazole rings is 1. The molecule has 11 heteroatoms. The molecule has 0 aliphatic heterocycles. The van der Waals surface area contributed by atoms with Gasteiger partial charge < -0.3 is 5.32 Å². The summed E-state index contributed by atoms with van der Waals surface area (Å²) in [5.41, 5.74) is 1.60. The van der Waals surface area contributed by atoms with Crippen LogP contribution in [0.25, 0.3) is 21.6 Å². The van der Waals surface area contributed by atoms with E-state index in [-0.39, 0.29) is 23.1 Å². The monoisotopic (exact) mass is 430 g/mol. The molecule has 0 spiro atoms. The molecule has 0 unspecified atom stereocenters. The first-order valence-electron chi connectivity index (χ1n) is 8.88. The SMILES string of the molecule is Cc1nc(NC(=O)Cn2cnc3c(C)cccc3c2=O)sc1-c1nccn1C(F)F. The summed E-state index contributed by atoms with van der Waals surface area (Å²) in [7, 11) is 0. The number of benzene rings is 1. The molecule has 30 heavy (non-hydrogen) atoms. The number of anilines is 1. The molecule has 0 aliphatic rings. The van der Waals surface area contributed by atoms with E-state index in [2.05, 4.69) is 20.3 Å². The van der Waals surface area contributed by atoms with Crippen LogP contribution in [0, 0.1) is 13.8 Å². The number of fused-ring (bicyclic) bond motifs is 1. The summed E-state index contributed by atoms with van der Waals surface area (Å²) in [6.07, 6.45) is 3.78. The molecule has 154 valence electrons. The highest BCUT2D eigenvalue weighted by atomic mass is 32.1. The fraction of sp³-hybridized carbons (Fsp3) is 0.211. The first-order valence-corrected chi connectivity index (χ1v) is 9.70. The van der Waals surface area contributed by atoms with Crippen LogP contribution in [0.15, 0.2) is 41.7 Å². The number of hydrogen-bond acceptors (Lipinski definition) is 6. The fourth-order valence-electron chi connectivity index (χ4n) is 3.07. The highest BCUT2D eigenvalue weighted by Gasteiger charge is 2.19. The minimum absolute atomic E-state index is 0.0748. The number of hydrogen-bond donors (Lipinski definition) is 1. The van der Waals surface area contributed by atoms with Crippen LogP contribution in [0.5, 0.6) is 0 Å². The molecule has 0 radical (unpaired) electrons. The van der Waals surface area contributed by atoms with Gasteiger partial charge in [0.1, 0.15) is 6.54 Å². The maximum atomic E-state index is 13.1. The number of carbonyl (C=O) groups excluding carboxylic acids is 1. The Kier molecular flexibility index (Phi) is 5.12. The topological polar surface area (TPSA) is 94.7 Å². The first-order chi connectivity index (χ1) is 14.3. The third-order valence-corrected chi connectivity index (χ3v) is 5.56. The number of amides is 1. The van der Waals surface area contributed by atoms with Gasteiger partial charge in [0.05, 0.1) is 27.8 Å². The van der Waals surface area contributed by atoms with E-state index in [4.69, 9.17) is 0 Å². The second kappa shape index (κ2) is 7.75. The summed E-state index contributed by atoms with van der Waals surface area (Å²) < 4.78 is 28.2. The van der Waals surface area contributed by atoms with Crippen LogP contribution in [-0.2, 0) is 11.3 Å². The van der Waals surface area contributed by atoms with Crippen molar-refractivity contribution in [1.82, 2.24) is 24.1 Å². The lowest BCUT2D eigenvalue weighted by molar-refractivity contribution is -0.116. The number of nitrogens with one attached hydrogen (secondary N) is 1. The smallest absolute Gasteiger partial charge is 0.300 e. The van der Waals surface area contributed by atoms with Gasteiger partial charge in [-0.25, -0.2) is 15.0 Å². The molecule has 1 amide bonds. The van der Waals surface area contributed by atoms with Gasteiger partial charge >= 0.3 is 6.55 Å². The molecule has 0 atom stereocenters. The summed E-state index contributed by atoms with van der Waals surface area (Å²) in [6.45, 7) is 0.507. The van der Waals surface area contributed by atoms with Gasteiger partial charge in [0.15, 0.2) is 11.0 Å². The van der Waals surface area contributed by atoms with Crippen molar-refractivity contribution in [2.24, 2.45) is 0 Å². The van der Waals surface area contributed by atoms with Gasteiger partial charge in [-0.1, -0.05) is 23.5 Å². The summed E-state index contributed by atoms with van der Waals surface area (Å²) in [4.78, 5) is 38.0. The minimum atomic E-state index is -2.74. The molecule has 1 aromatic carbocycles. The Morgan fingerprint density at radius 1 is 1.27 bits per heavy atom. The maximum Gasteiger partial charge on any atom is 0.320 e. The average Bonchev–Trinajstić information content (AvgIpc) is 3.31. The van der Waals surface area contributed by atoms with Crippen molar-refractivity contribution in [2.45, 2.75) is 26.9 Å². The third-order valence-electron chi connectivity index (χ3n) is 4.49. The molecule has 0 bridgehead atoms. The molecule has 0 saturated heterocycles. The van der Waals surface area contributed by atoms with Gasteiger partial charge in [-0.15, -0.1) is 0 Å². The Morgan fingerprint density at radius 3 is 2.83 bits per heavy atom. The van der Waals surface area contributed by atoms with Gasteiger partial charge in [0, 0.05) is 12.4 Å². The van der Waals surface area contributed by atoms with Gasteiger partial charge in [-0.2, -0.15) is 8.78 Å². The van der Waals surface area contributed by atoms with Crippen LogP contribution in [0.2, 0.25) is 0 Å². The lowest BCUT2D eigenvalue weighted by Crippen LogP contribution is -2.28. The molecule has 4 rings (SSSR count). The van der Waals surface area contributed by atoms with Crippen molar-refractivity contribution in [3.8, 4) is 10.7 Å². The van der Waals surface area contributed by atoms with Crippen LogP contribution in [0.1, 0.15) is 17.8 Å². The van der Waals surface area contributed by atoms with E-state index in [9.17, 15) is 18.4 Å². The van der Waals surface area contributed by atoms with Crippen LogP contribution >= 0.6 is 11.3 Å². The largest absolute Gasteiger partial charge is 0.320 e. The standard InChI is InChI=1S/C19H16F2N6O2S/c1-10-4-3-5-12-14(10)23-9-26(17(12)29)8-13(28)25-19-24-11(2)15(30-19)16-22-6-7-27(16)18(20)21/h3-7,9,18H,8H2,1-2H3,(H,24,25,28). The third kappa shape index (κ3) is 3.59. The van der Waals surface area contributed by atoms with Crippen LogP contribution < -0.4 is 10.9 Å². The summed E-state index contributed by atoms with van der Waals surface area (Å²) in [5, 5.41) is 3.26. The molecular formula is C19H16F2N6O2S. The normalized spacial score (nSPS) is 11.4. The minimum Gasteiger partial charge on any atom is -0.300 e. The van der Waals surface area contributed by atoms with E-state index in [1.165, 1.54) is 23.3 Å². The zero-order chi connectivity index (χ0) is 21.4.